The van der Waals surface area contributed by atoms with E-state index in [4.69, 9.17) is 11.5 Å². The Hall–Kier alpha value is -0.0800. The highest BCUT2D eigenvalue weighted by Crippen LogP contribution is 2.38. The van der Waals surface area contributed by atoms with E-state index in [1.807, 2.05) is 0 Å². The minimum atomic E-state index is -0.0694. The summed E-state index contributed by atoms with van der Waals surface area (Å²) in [5, 5.41) is 0. The van der Waals surface area contributed by atoms with E-state index in [0.29, 0.717) is 12.0 Å². The van der Waals surface area contributed by atoms with Crippen LogP contribution in [-0.4, -0.2) is 12.1 Å². The van der Waals surface area contributed by atoms with Crippen molar-refractivity contribution < 1.29 is 0 Å². The van der Waals surface area contributed by atoms with E-state index in [9.17, 15) is 0 Å². The first kappa shape index (κ1) is 12.0. The molecule has 2 atom stereocenters. The number of nitrogens with two attached hydrogens (primary N) is 2. The van der Waals surface area contributed by atoms with E-state index >= 15 is 0 Å². The number of rotatable bonds is 1. The second kappa shape index (κ2) is 4.19. The summed E-state index contributed by atoms with van der Waals surface area (Å²) in [6.45, 7) is 7.65. The lowest BCUT2D eigenvalue weighted by molar-refractivity contribution is 0.211. The zero-order chi connectivity index (χ0) is 10.8. The minimum absolute atomic E-state index is 0.0694. The van der Waals surface area contributed by atoms with E-state index in [-0.39, 0.29) is 5.54 Å². The quantitative estimate of drug-likeness (QED) is 0.635. The molecule has 0 radical (unpaired) electrons. The maximum atomic E-state index is 6.24. The molecule has 1 saturated carbocycles. The van der Waals surface area contributed by atoms with Crippen LogP contribution in [0.4, 0.5) is 0 Å². The highest BCUT2D eigenvalue weighted by molar-refractivity contribution is 4.90. The van der Waals surface area contributed by atoms with Crippen molar-refractivity contribution in [1.29, 1.82) is 0 Å². The van der Waals surface area contributed by atoms with Gasteiger partial charge in [0.2, 0.25) is 0 Å². The lowest BCUT2D eigenvalue weighted by Gasteiger charge is -2.31. The highest BCUT2D eigenvalue weighted by atomic mass is 14.8. The average molecular weight is 198 g/mol. The van der Waals surface area contributed by atoms with Crippen LogP contribution in [-0.2, 0) is 0 Å². The van der Waals surface area contributed by atoms with Crippen LogP contribution >= 0.6 is 0 Å². The Morgan fingerprint density at radius 1 is 1.21 bits per heavy atom. The smallest absolute Gasteiger partial charge is 0.0278 e. The van der Waals surface area contributed by atoms with Crippen LogP contribution in [0.2, 0.25) is 0 Å². The Bertz CT molecular complexity index is 183. The van der Waals surface area contributed by atoms with Crippen LogP contribution in [0.3, 0.4) is 0 Å². The molecule has 1 aliphatic rings. The van der Waals surface area contributed by atoms with Crippen LogP contribution in [0.15, 0.2) is 0 Å². The van der Waals surface area contributed by atoms with Gasteiger partial charge in [-0.2, -0.15) is 0 Å². The lowest BCUT2D eigenvalue weighted by Crippen LogP contribution is -2.46. The Morgan fingerprint density at radius 2 is 1.86 bits per heavy atom. The van der Waals surface area contributed by atoms with Crippen LogP contribution in [0.5, 0.6) is 0 Å². The Balaban J connectivity index is 2.57. The van der Waals surface area contributed by atoms with Crippen LogP contribution in [0.1, 0.15) is 52.9 Å². The van der Waals surface area contributed by atoms with Crippen molar-refractivity contribution in [3.63, 3.8) is 0 Å². The van der Waals surface area contributed by atoms with E-state index in [2.05, 4.69) is 20.8 Å². The molecule has 0 heterocycles. The van der Waals surface area contributed by atoms with Crippen molar-refractivity contribution in [3.05, 3.63) is 0 Å². The zero-order valence-corrected chi connectivity index (χ0v) is 9.97. The summed E-state index contributed by atoms with van der Waals surface area (Å²) in [7, 11) is 0. The summed E-state index contributed by atoms with van der Waals surface area (Å²) in [6, 6.07) is 0. The topological polar surface area (TPSA) is 52.0 Å². The highest BCUT2D eigenvalue weighted by Gasteiger charge is 2.32. The molecule has 2 unspecified atom stereocenters. The van der Waals surface area contributed by atoms with Gasteiger partial charge < -0.3 is 11.5 Å². The third kappa shape index (κ3) is 2.96. The summed E-state index contributed by atoms with van der Waals surface area (Å²) >= 11 is 0. The molecule has 2 nitrogen and oxygen atoms in total. The second-order valence-electron chi connectivity index (χ2n) is 6.06. The van der Waals surface area contributed by atoms with Crippen LogP contribution in [0, 0.1) is 11.3 Å². The average Bonchev–Trinajstić information content (AvgIpc) is 2.27. The van der Waals surface area contributed by atoms with Gasteiger partial charge in [0.25, 0.3) is 0 Å². The van der Waals surface area contributed by atoms with E-state index in [1.165, 1.54) is 19.3 Å². The standard InChI is InChI=1S/C12H26N2/c1-11(2,3)10-5-4-7-12(14,9-13)8-6-10/h10H,4-9,13-14H2,1-3H3. The molecule has 0 aliphatic heterocycles. The van der Waals surface area contributed by atoms with Crippen molar-refractivity contribution in [2.24, 2.45) is 22.8 Å². The summed E-state index contributed by atoms with van der Waals surface area (Å²) in [6.07, 6.45) is 6.02. The normalized spacial score (nSPS) is 35.4. The van der Waals surface area contributed by atoms with Gasteiger partial charge in [0.15, 0.2) is 0 Å². The molecule has 1 rings (SSSR count). The predicted molar refractivity (Wildman–Crippen MR) is 62.0 cm³/mol. The van der Waals surface area contributed by atoms with Gasteiger partial charge in [0.1, 0.15) is 0 Å². The summed E-state index contributed by atoms with van der Waals surface area (Å²) in [5.41, 5.74) is 12.3. The third-order valence-electron chi connectivity index (χ3n) is 3.85. The van der Waals surface area contributed by atoms with Crippen molar-refractivity contribution in [2.45, 2.75) is 58.4 Å². The van der Waals surface area contributed by atoms with Gasteiger partial charge in [-0.3, -0.25) is 0 Å². The first-order chi connectivity index (χ1) is 6.37. The number of hydrogen-bond donors (Lipinski definition) is 2. The molecule has 0 spiro atoms. The predicted octanol–water partition coefficient (Wildman–Crippen LogP) is 2.27. The van der Waals surface area contributed by atoms with E-state index in [1.54, 1.807) is 0 Å². The lowest BCUT2D eigenvalue weighted by atomic mass is 9.76. The molecular weight excluding hydrogens is 172 g/mol. The fraction of sp³-hybridized carbons (Fsp3) is 1.00. The largest absolute Gasteiger partial charge is 0.329 e. The molecule has 14 heavy (non-hydrogen) atoms. The molecule has 2 heteroatoms. The Labute approximate surface area is 88.4 Å². The molecule has 0 aromatic rings. The van der Waals surface area contributed by atoms with Crippen molar-refractivity contribution in [1.82, 2.24) is 0 Å². The van der Waals surface area contributed by atoms with Crippen molar-refractivity contribution in [3.8, 4) is 0 Å². The summed E-state index contributed by atoms with van der Waals surface area (Å²) in [5.74, 6) is 0.819. The second-order valence-corrected chi connectivity index (χ2v) is 6.06. The van der Waals surface area contributed by atoms with Crippen LogP contribution < -0.4 is 11.5 Å². The van der Waals surface area contributed by atoms with Crippen LogP contribution in [0.25, 0.3) is 0 Å². The molecule has 0 aromatic carbocycles. The molecule has 0 amide bonds. The first-order valence-electron chi connectivity index (χ1n) is 5.86. The molecule has 84 valence electrons. The molecular formula is C12H26N2. The monoisotopic (exact) mass is 198 g/mol. The van der Waals surface area contributed by atoms with Gasteiger partial charge in [0.05, 0.1) is 0 Å². The van der Waals surface area contributed by atoms with E-state index in [0.717, 1.165) is 18.8 Å². The van der Waals surface area contributed by atoms with Gasteiger partial charge in [0, 0.05) is 12.1 Å². The SMILES string of the molecule is CC(C)(C)C1CCCC(N)(CN)CC1. The third-order valence-corrected chi connectivity index (χ3v) is 3.85. The molecule has 0 aromatic heterocycles. The number of hydrogen-bond acceptors (Lipinski definition) is 2. The zero-order valence-electron chi connectivity index (χ0n) is 9.97. The van der Waals surface area contributed by atoms with Gasteiger partial charge in [-0.25, -0.2) is 0 Å². The summed E-state index contributed by atoms with van der Waals surface area (Å²) < 4.78 is 0. The molecule has 0 saturated heterocycles. The van der Waals surface area contributed by atoms with Gasteiger partial charge >= 0.3 is 0 Å². The molecule has 4 N–H and O–H groups in total. The fourth-order valence-corrected chi connectivity index (χ4v) is 2.50. The van der Waals surface area contributed by atoms with Crippen molar-refractivity contribution >= 4 is 0 Å². The Morgan fingerprint density at radius 3 is 2.36 bits per heavy atom. The maximum Gasteiger partial charge on any atom is 0.0278 e. The maximum absolute atomic E-state index is 6.24. The fourth-order valence-electron chi connectivity index (χ4n) is 2.50. The van der Waals surface area contributed by atoms with Gasteiger partial charge in [-0.1, -0.05) is 27.2 Å². The first-order valence-corrected chi connectivity index (χ1v) is 5.86. The van der Waals surface area contributed by atoms with Crippen molar-refractivity contribution in [2.75, 3.05) is 6.54 Å². The van der Waals surface area contributed by atoms with E-state index < -0.39 is 0 Å². The minimum Gasteiger partial charge on any atom is -0.329 e. The molecule has 1 fully saturated rings. The van der Waals surface area contributed by atoms with Gasteiger partial charge in [-0.15, -0.1) is 0 Å². The Kier molecular flexibility index (Phi) is 3.59. The van der Waals surface area contributed by atoms with Gasteiger partial charge in [-0.05, 0) is 37.0 Å². The summed E-state index contributed by atoms with van der Waals surface area (Å²) in [4.78, 5) is 0. The molecule has 0 bridgehead atoms. The molecule has 1 aliphatic carbocycles.